The number of fused-ring (bicyclic) bond motifs is 2. The molecule has 0 fully saturated rings. The number of amides is 2. The van der Waals surface area contributed by atoms with E-state index in [0.717, 1.165) is 55.2 Å². The quantitative estimate of drug-likeness (QED) is 0.0423. The maximum Gasteiger partial charge on any atom is 0.406 e. The summed E-state index contributed by atoms with van der Waals surface area (Å²) in [5, 5.41) is 15.2. The first-order valence-electron chi connectivity index (χ1n) is 20.2. The molecule has 9 rings (SSSR count). The third kappa shape index (κ3) is 10.4. The van der Waals surface area contributed by atoms with E-state index < -0.39 is 37.3 Å². The number of nitrogens with one attached hydrogen (secondary N) is 2. The molecule has 3 aromatic carbocycles. The lowest BCUT2D eigenvalue weighted by atomic mass is 10.1. The zero-order chi connectivity index (χ0) is 48.3. The van der Waals surface area contributed by atoms with Gasteiger partial charge in [-0.05, 0) is 98.8 Å². The zero-order valence-corrected chi connectivity index (χ0v) is 37.3. The molecule has 0 saturated heterocycles. The summed E-state index contributed by atoms with van der Waals surface area (Å²) in [4.78, 5) is 44.2. The molecule has 348 valence electrons. The molecular formula is C46H37F6N11O3S2. The van der Waals surface area contributed by atoms with Gasteiger partial charge in [0.1, 0.15) is 35.8 Å². The molecule has 0 spiro atoms. The highest BCUT2D eigenvalue weighted by atomic mass is 32.1. The van der Waals surface area contributed by atoms with Crippen molar-refractivity contribution in [2.24, 2.45) is 0 Å². The van der Waals surface area contributed by atoms with Crippen LogP contribution >= 0.6 is 22.7 Å². The van der Waals surface area contributed by atoms with Gasteiger partial charge in [0.2, 0.25) is 0 Å². The lowest BCUT2D eigenvalue weighted by Gasteiger charge is -2.23. The Balaban J connectivity index is 0.000000187. The van der Waals surface area contributed by atoms with E-state index in [4.69, 9.17) is 10.9 Å². The number of halogens is 6. The fraction of sp³-hybridized carbons (Fsp3) is 0.130. The number of nitrogens with two attached hydrogens (primary N) is 1. The number of alkyl halides is 6. The molecule has 0 aliphatic heterocycles. The smallest absolute Gasteiger partial charge is 0.397 e. The van der Waals surface area contributed by atoms with Crippen LogP contribution in [0.5, 0.6) is 0 Å². The Bertz CT molecular complexity index is 3240. The molecule has 0 aliphatic rings. The first kappa shape index (κ1) is 46.7. The van der Waals surface area contributed by atoms with Crippen molar-refractivity contribution in [3.8, 4) is 22.8 Å². The number of hydrogen-bond donors (Lipinski definition) is 4. The average molecular weight is 970 g/mol. The minimum Gasteiger partial charge on any atom is -0.397 e. The SMILES string of the molecule is Cc1nc2ccccn2c1-c1csc(N(CC(F)(F)F)c2ccc(C(=O)NO)cc2)n1.Cc1nc2ccccn2c1-c1csc(N(CC(F)(F)F)c2ccc(C(=O)Nc3ccccc3N)cc2)n1. The summed E-state index contributed by atoms with van der Waals surface area (Å²) in [6.45, 7) is 1.16. The summed E-state index contributed by atoms with van der Waals surface area (Å²) in [5.74, 6) is -1.18. The summed E-state index contributed by atoms with van der Waals surface area (Å²) < 4.78 is 84.3. The van der Waals surface area contributed by atoms with Crippen molar-refractivity contribution in [2.75, 3.05) is 33.9 Å². The second-order valence-electron chi connectivity index (χ2n) is 15.0. The van der Waals surface area contributed by atoms with Crippen molar-refractivity contribution < 1.29 is 41.1 Å². The van der Waals surface area contributed by atoms with Crippen LogP contribution < -0.4 is 26.3 Å². The number of benzene rings is 3. The number of carbonyl (C=O) groups excluding carboxylic acids is 2. The molecule has 0 radical (unpaired) electrons. The first-order chi connectivity index (χ1) is 32.5. The highest BCUT2D eigenvalue weighted by molar-refractivity contribution is 7.14. The number of thiazole rings is 2. The van der Waals surface area contributed by atoms with Gasteiger partial charge in [-0.3, -0.25) is 23.6 Å². The minimum absolute atomic E-state index is 0.111. The highest BCUT2D eigenvalue weighted by Gasteiger charge is 2.34. The van der Waals surface area contributed by atoms with Crippen LogP contribution in [-0.2, 0) is 0 Å². The number of nitrogen functional groups attached to an aromatic ring is 1. The Morgan fingerprint density at radius 1 is 0.618 bits per heavy atom. The van der Waals surface area contributed by atoms with E-state index in [9.17, 15) is 35.9 Å². The molecule has 0 aliphatic carbocycles. The van der Waals surface area contributed by atoms with Crippen LogP contribution in [0.4, 0.5) is 59.4 Å². The van der Waals surface area contributed by atoms with E-state index in [-0.39, 0.29) is 32.8 Å². The van der Waals surface area contributed by atoms with Crippen LogP contribution in [-0.4, -0.2) is 71.2 Å². The normalized spacial score (nSPS) is 11.6. The van der Waals surface area contributed by atoms with E-state index >= 15 is 0 Å². The number of pyridine rings is 2. The molecule has 0 unspecified atom stereocenters. The fourth-order valence-electron chi connectivity index (χ4n) is 7.19. The number of nitrogens with zero attached hydrogens (tertiary/aromatic N) is 8. The standard InChI is InChI=1S/C26H21F3N6OS.C20H16F3N5O2S/c1-16-23(34-13-5-4-8-22(34)31-16)21-14-37-25(33-21)35(15-26(27,28)29)18-11-9-17(10-12-18)24(36)32-20-7-3-2-6-19(20)30;1-12-17(27-9-3-2-4-16(27)24-12)15-10-31-19(25-15)28(11-20(21,22)23)14-7-5-13(6-8-14)18(29)26-30/h2-14H,15,30H2,1H3,(H,32,36);2-10,30H,11H2,1H3,(H,26,29). The third-order valence-electron chi connectivity index (χ3n) is 10.2. The van der Waals surface area contributed by atoms with Crippen LogP contribution in [0.25, 0.3) is 34.1 Å². The Hall–Kier alpha value is -7.82. The predicted octanol–water partition coefficient (Wildman–Crippen LogP) is 10.9. The summed E-state index contributed by atoms with van der Waals surface area (Å²) in [5.41, 5.74) is 14.4. The Kier molecular flexibility index (Phi) is 13.2. The van der Waals surface area contributed by atoms with Gasteiger partial charge < -0.3 is 20.9 Å². The van der Waals surface area contributed by atoms with Crippen molar-refractivity contribution in [2.45, 2.75) is 26.2 Å². The highest BCUT2D eigenvalue weighted by Crippen LogP contribution is 2.38. The lowest BCUT2D eigenvalue weighted by molar-refractivity contribution is -0.119. The summed E-state index contributed by atoms with van der Waals surface area (Å²) in [6, 6.07) is 29.2. The van der Waals surface area contributed by atoms with Crippen molar-refractivity contribution in [3.63, 3.8) is 0 Å². The third-order valence-corrected chi connectivity index (χ3v) is 11.9. The van der Waals surface area contributed by atoms with Gasteiger partial charge in [-0.25, -0.2) is 25.4 Å². The monoisotopic (exact) mass is 969 g/mol. The maximum absolute atomic E-state index is 13.6. The number of aryl methyl sites for hydroxylation is 2. The molecule has 14 nitrogen and oxygen atoms in total. The maximum atomic E-state index is 13.6. The van der Waals surface area contributed by atoms with Crippen LogP contribution in [0.2, 0.25) is 0 Å². The summed E-state index contributed by atoms with van der Waals surface area (Å²) >= 11 is 2.18. The van der Waals surface area contributed by atoms with Gasteiger partial charge in [0.05, 0.1) is 34.2 Å². The van der Waals surface area contributed by atoms with E-state index in [2.05, 4.69) is 25.3 Å². The number of hydroxylamine groups is 1. The second-order valence-corrected chi connectivity index (χ2v) is 16.6. The van der Waals surface area contributed by atoms with E-state index in [1.807, 2.05) is 71.4 Å². The second kappa shape index (κ2) is 19.2. The van der Waals surface area contributed by atoms with Gasteiger partial charge >= 0.3 is 12.4 Å². The van der Waals surface area contributed by atoms with Crippen LogP contribution in [0.3, 0.4) is 0 Å². The lowest BCUT2D eigenvalue weighted by Crippen LogP contribution is -2.30. The van der Waals surface area contributed by atoms with Gasteiger partial charge in [0, 0.05) is 45.7 Å². The molecule has 0 saturated carbocycles. The molecule has 5 N–H and O–H groups in total. The first-order valence-corrected chi connectivity index (χ1v) is 22.0. The Labute approximate surface area is 390 Å². The summed E-state index contributed by atoms with van der Waals surface area (Å²) in [7, 11) is 0. The van der Waals surface area contributed by atoms with Crippen LogP contribution in [0.15, 0.2) is 132 Å². The van der Waals surface area contributed by atoms with Crippen LogP contribution in [0, 0.1) is 13.8 Å². The molecule has 22 heteroatoms. The molecule has 2 amide bonds. The number of para-hydroxylation sites is 2. The molecule has 0 atom stereocenters. The van der Waals surface area contributed by atoms with E-state index in [0.29, 0.717) is 34.2 Å². The molecule has 6 aromatic heterocycles. The number of anilines is 6. The molecular weight excluding hydrogens is 933 g/mol. The van der Waals surface area contributed by atoms with Crippen molar-refractivity contribution >= 4 is 78.8 Å². The van der Waals surface area contributed by atoms with Crippen molar-refractivity contribution in [3.05, 3.63) is 155 Å². The van der Waals surface area contributed by atoms with Gasteiger partial charge in [0.25, 0.3) is 11.8 Å². The number of hydrogen-bond acceptors (Lipinski definition) is 12. The number of imidazole rings is 2. The number of aromatic nitrogens is 6. The van der Waals surface area contributed by atoms with Crippen molar-refractivity contribution in [1.82, 2.24) is 34.2 Å². The fourth-order valence-corrected chi connectivity index (χ4v) is 8.85. The Morgan fingerprint density at radius 3 is 1.47 bits per heavy atom. The predicted molar refractivity (Wildman–Crippen MR) is 249 cm³/mol. The zero-order valence-electron chi connectivity index (χ0n) is 35.6. The van der Waals surface area contributed by atoms with Gasteiger partial charge in [-0.2, -0.15) is 26.3 Å². The van der Waals surface area contributed by atoms with Gasteiger partial charge in [-0.15, -0.1) is 22.7 Å². The molecule has 0 bridgehead atoms. The number of rotatable bonds is 11. The topological polar surface area (TPSA) is 171 Å². The van der Waals surface area contributed by atoms with Gasteiger partial charge in [0.15, 0.2) is 10.3 Å². The van der Waals surface area contributed by atoms with Crippen LogP contribution in [0.1, 0.15) is 32.1 Å². The molecule has 6 heterocycles. The molecule has 68 heavy (non-hydrogen) atoms. The summed E-state index contributed by atoms with van der Waals surface area (Å²) in [6.07, 6.45) is -5.30. The average Bonchev–Trinajstić information content (AvgIpc) is 4.12. The van der Waals surface area contributed by atoms with Gasteiger partial charge in [-0.1, -0.05) is 24.3 Å². The molecule has 9 aromatic rings. The Morgan fingerprint density at radius 2 is 1.04 bits per heavy atom. The van der Waals surface area contributed by atoms with Crippen molar-refractivity contribution in [1.29, 1.82) is 0 Å². The number of carbonyl (C=O) groups is 2. The minimum atomic E-state index is -4.48. The van der Waals surface area contributed by atoms with E-state index in [1.54, 1.807) is 35.0 Å². The van der Waals surface area contributed by atoms with E-state index in [1.165, 1.54) is 54.0 Å². The largest absolute Gasteiger partial charge is 0.406 e.